The number of nitrogens with zero attached hydrogens (tertiary/aromatic N) is 2. The average Bonchev–Trinajstić information content (AvgIpc) is 3.44. The third-order valence-electron chi connectivity index (χ3n) is 5.62. The molecule has 0 aliphatic carbocycles. The number of benzene rings is 2. The molecule has 1 N–H and O–H groups in total. The molecule has 0 bridgehead atoms. The molecule has 1 aliphatic heterocycles. The highest BCUT2D eigenvalue weighted by molar-refractivity contribution is 7.92. The first-order valence-corrected chi connectivity index (χ1v) is 12.8. The molecule has 0 radical (unpaired) electrons. The van der Waals surface area contributed by atoms with Gasteiger partial charge >= 0.3 is 0 Å². The number of fused-ring (bicyclic) bond motifs is 1. The molecule has 34 heavy (non-hydrogen) atoms. The van der Waals surface area contributed by atoms with E-state index in [1.54, 1.807) is 53.6 Å². The van der Waals surface area contributed by atoms with Gasteiger partial charge in [-0.05, 0) is 71.3 Å². The van der Waals surface area contributed by atoms with Crippen LogP contribution in [0.5, 0.6) is 5.75 Å². The topological polar surface area (TPSA) is 88.6 Å². The van der Waals surface area contributed by atoms with Gasteiger partial charge in [0.05, 0.1) is 7.11 Å². The van der Waals surface area contributed by atoms with E-state index in [1.807, 2.05) is 36.4 Å². The van der Waals surface area contributed by atoms with Crippen LogP contribution < -0.4 is 9.46 Å². The van der Waals surface area contributed by atoms with Gasteiger partial charge in [0, 0.05) is 35.1 Å². The molecule has 0 saturated carbocycles. The van der Waals surface area contributed by atoms with Gasteiger partial charge in [-0.15, -0.1) is 11.3 Å². The molecule has 0 saturated heterocycles. The van der Waals surface area contributed by atoms with Crippen LogP contribution in [0.15, 0.2) is 77.8 Å². The van der Waals surface area contributed by atoms with Crippen LogP contribution in [0.4, 0.5) is 5.82 Å². The van der Waals surface area contributed by atoms with Crippen LogP contribution in [0.25, 0.3) is 20.9 Å². The summed E-state index contributed by atoms with van der Waals surface area (Å²) in [5, 5.41) is 0. The minimum atomic E-state index is -3.92. The molecule has 9 heteroatoms. The molecular formula is C25H21N3O4S2. The maximum absolute atomic E-state index is 13.1. The number of thiophene rings is 1. The second-order valence-electron chi connectivity index (χ2n) is 7.88. The van der Waals surface area contributed by atoms with E-state index in [0.29, 0.717) is 6.54 Å². The Morgan fingerprint density at radius 2 is 1.74 bits per heavy atom. The quantitative estimate of drug-likeness (QED) is 0.416. The van der Waals surface area contributed by atoms with Crippen LogP contribution in [0, 0.1) is 0 Å². The number of pyridine rings is 1. The molecule has 0 spiro atoms. The largest absolute Gasteiger partial charge is 0.495 e. The zero-order valence-electron chi connectivity index (χ0n) is 18.5. The summed E-state index contributed by atoms with van der Waals surface area (Å²) in [6, 6.07) is 19.9. The third-order valence-corrected chi connectivity index (χ3v) is 8.18. The number of carbonyl (C=O) groups is 1. The maximum Gasteiger partial charge on any atom is 0.266 e. The monoisotopic (exact) mass is 491 g/mol. The van der Waals surface area contributed by atoms with Crippen molar-refractivity contribution in [3.05, 3.63) is 84.1 Å². The van der Waals surface area contributed by atoms with Crippen molar-refractivity contribution in [1.82, 2.24) is 9.88 Å². The van der Waals surface area contributed by atoms with Crippen molar-refractivity contribution in [2.75, 3.05) is 18.9 Å². The van der Waals surface area contributed by atoms with Gasteiger partial charge in [-0.1, -0.05) is 12.1 Å². The molecule has 172 valence electrons. The van der Waals surface area contributed by atoms with E-state index < -0.39 is 10.0 Å². The van der Waals surface area contributed by atoms with Crippen molar-refractivity contribution >= 4 is 33.1 Å². The Balaban J connectivity index is 1.48. The molecular weight excluding hydrogens is 470 g/mol. The van der Waals surface area contributed by atoms with Crippen LogP contribution in [-0.2, 0) is 16.6 Å². The Bertz CT molecular complexity index is 1500. The predicted octanol–water partition coefficient (Wildman–Crippen LogP) is 4.87. The number of sulfonamides is 1. The van der Waals surface area contributed by atoms with Crippen molar-refractivity contribution in [3.8, 4) is 26.6 Å². The lowest BCUT2D eigenvalue weighted by molar-refractivity contribution is 0.0816. The highest BCUT2D eigenvalue weighted by Crippen LogP contribution is 2.38. The Morgan fingerprint density at radius 1 is 1.00 bits per heavy atom. The summed E-state index contributed by atoms with van der Waals surface area (Å²) in [5.41, 5.74) is 3.54. The summed E-state index contributed by atoms with van der Waals surface area (Å²) in [6.07, 6.45) is 1.52. The van der Waals surface area contributed by atoms with Crippen molar-refractivity contribution in [2.45, 2.75) is 11.4 Å². The van der Waals surface area contributed by atoms with Crippen LogP contribution in [-0.4, -0.2) is 38.4 Å². The number of aromatic nitrogens is 1. The maximum atomic E-state index is 13.1. The van der Waals surface area contributed by atoms with E-state index in [1.165, 1.54) is 13.3 Å². The van der Waals surface area contributed by atoms with Gasteiger partial charge in [-0.25, -0.2) is 13.4 Å². The van der Waals surface area contributed by atoms with E-state index in [4.69, 9.17) is 4.74 Å². The van der Waals surface area contributed by atoms with Crippen LogP contribution in [0.3, 0.4) is 0 Å². The van der Waals surface area contributed by atoms with Gasteiger partial charge < -0.3 is 9.64 Å². The van der Waals surface area contributed by atoms with Crippen molar-refractivity contribution in [3.63, 3.8) is 0 Å². The third kappa shape index (κ3) is 4.04. The van der Waals surface area contributed by atoms with E-state index >= 15 is 0 Å². The summed E-state index contributed by atoms with van der Waals surface area (Å²) in [4.78, 5) is 19.9. The molecule has 1 aliphatic rings. The predicted molar refractivity (Wildman–Crippen MR) is 133 cm³/mol. The minimum Gasteiger partial charge on any atom is -0.495 e. The second kappa shape index (κ2) is 8.58. The standard InChI is InChI=1S/C25H21N3O4S2/c1-28-15-18-13-16(6-8-19(18)25(28)29)21-10-11-22(33-21)17-7-9-20(32-2)23(14-17)34(30,31)27-24-5-3-4-12-26-24/h3-14H,15H2,1-2H3,(H,26,27). The Morgan fingerprint density at radius 3 is 2.44 bits per heavy atom. The van der Waals surface area contributed by atoms with Crippen molar-refractivity contribution < 1.29 is 17.9 Å². The Labute approximate surface area is 201 Å². The van der Waals surface area contributed by atoms with Crippen LogP contribution in [0.1, 0.15) is 15.9 Å². The highest BCUT2D eigenvalue weighted by atomic mass is 32.2. The fourth-order valence-electron chi connectivity index (χ4n) is 3.92. The number of nitrogens with one attached hydrogen (secondary N) is 1. The van der Waals surface area contributed by atoms with Gasteiger partial charge in [0.1, 0.15) is 16.5 Å². The Hall–Kier alpha value is -3.69. The molecule has 1 amide bonds. The van der Waals surface area contributed by atoms with Gasteiger partial charge in [-0.3, -0.25) is 9.52 Å². The average molecular weight is 492 g/mol. The summed E-state index contributed by atoms with van der Waals surface area (Å²) < 4.78 is 34.0. The first-order valence-electron chi connectivity index (χ1n) is 10.5. The molecule has 0 atom stereocenters. The van der Waals surface area contributed by atoms with Gasteiger partial charge in [0.15, 0.2) is 0 Å². The molecule has 0 fully saturated rings. The molecule has 7 nitrogen and oxygen atoms in total. The van der Waals surface area contributed by atoms with Crippen molar-refractivity contribution in [1.29, 1.82) is 0 Å². The number of ether oxygens (including phenoxy) is 1. The summed E-state index contributed by atoms with van der Waals surface area (Å²) in [6.45, 7) is 0.600. The first kappa shape index (κ1) is 22.1. The lowest BCUT2D eigenvalue weighted by atomic mass is 10.1. The zero-order valence-corrected chi connectivity index (χ0v) is 20.1. The number of methoxy groups -OCH3 is 1. The fraction of sp³-hybridized carbons (Fsp3) is 0.120. The van der Waals surface area contributed by atoms with E-state index in [0.717, 1.165) is 32.0 Å². The summed E-state index contributed by atoms with van der Waals surface area (Å²) >= 11 is 1.56. The molecule has 5 rings (SSSR count). The van der Waals surface area contributed by atoms with E-state index in [2.05, 4.69) is 9.71 Å². The number of carbonyl (C=O) groups excluding carboxylic acids is 1. The summed E-state index contributed by atoms with van der Waals surface area (Å²) in [5.74, 6) is 0.519. The van der Waals surface area contributed by atoms with Crippen LogP contribution >= 0.6 is 11.3 Å². The first-order chi connectivity index (χ1) is 16.4. The van der Waals surface area contributed by atoms with Crippen molar-refractivity contribution in [2.24, 2.45) is 0 Å². The number of hydrogen-bond donors (Lipinski definition) is 1. The number of anilines is 1. The van der Waals surface area contributed by atoms with Gasteiger partial charge in [-0.2, -0.15) is 0 Å². The number of rotatable bonds is 6. The molecule has 2 aromatic carbocycles. The smallest absolute Gasteiger partial charge is 0.266 e. The SMILES string of the molecule is COc1ccc(-c2ccc(-c3ccc4c(c3)CN(C)C4=O)s2)cc1S(=O)(=O)Nc1ccccn1. The van der Waals surface area contributed by atoms with E-state index in [-0.39, 0.29) is 22.4 Å². The Kier molecular flexibility index (Phi) is 5.59. The molecule has 3 heterocycles. The molecule has 0 unspecified atom stereocenters. The second-order valence-corrected chi connectivity index (χ2v) is 10.6. The normalized spacial score (nSPS) is 13.1. The molecule has 2 aromatic heterocycles. The zero-order chi connectivity index (χ0) is 23.9. The van der Waals surface area contributed by atoms with E-state index in [9.17, 15) is 13.2 Å². The number of amides is 1. The highest BCUT2D eigenvalue weighted by Gasteiger charge is 2.25. The fourth-order valence-corrected chi connectivity index (χ4v) is 6.13. The van der Waals surface area contributed by atoms with Crippen LogP contribution in [0.2, 0.25) is 0 Å². The molecule has 4 aromatic rings. The number of hydrogen-bond acceptors (Lipinski definition) is 6. The lowest BCUT2D eigenvalue weighted by Crippen LogP contribution is -2.17. The summed E-state index contributed by atoms with van der Waals surface area (Å²) in [7, 11) is -0.685. The van der Waals surface area contributed by atoms with Gasteiger partial charge in [0.2, 0.25) is 0 Å². The lowest BCUT2D eigenvalue weighted by Gasteiger charge is -2.12. The van der Waals surface area contributed by atoms with Gasteiger partial charge in [0.25, 0.3) is 15.9 Å². The minimum absolute atomic E-state index is 0.0344.